The molecule has 108 valence electrons. The molecule has 0 unspecified atom stereocenters. The van der Waals surface area contributed by atoms with E-state index in [1.165, 1.54) is 11.3 Å². The Morgan fingerprint density at radius 3 is 2.65 bits per heavy atom. The van der Waals surface area contributed by atoms with Gasteiger partial charge in [0, 0.05) is 6.54 Å². The molecule has 0 bridgehead atoms. The first-order valence-electron chi connectivity index (χ1n) is 6.65. The summed E-state index contributed by atoms with van der Waals surface area (Å²) in [5.41, 5.74) is 1.42. The summed E-state index contributed by atoms with van der Waals surface area (Å²) in [6, 6.07) is 0. The molecule has 0 aliphatic rings. The molecule has 0 fully saturated rings. The molecule has 6 nitrogen and oxygen atoms in total. The van der Waals surface area contributed by atoms with Crippen LogP contribution in [0.5, 0.6) is 0 Å². The van der Waals surface area contributed by atoms with Gasteiger partial charge in [0.15, 0.2) is 5.69 Å². The maximum atomic E-state index is 11.3. The molecular formula is C13H18N4O2S. The van der Waals surface area contributed by atoms with Gasteiger partial charge in [-0.1, -0.05) is 25.0 Å². The first-order chi connectivity index (χ1) is 9.54. The van der Waals surface area contributed by atoms with E-state index >= 15 is 0 Å². The average molecular weight is 294 g/mol. The monoisotopic (exact) mass is 294 g/mol. The molecule has 0 aliphatic carbocycles. The Morgan fingerprint density at radius 2 is 2.10 bits per heavy atom. The predicted molar refractivity (Wildman–Crippen MR) is 77.1 cm³/mol. The number of thiazole rings is 1. The highest BCUT2D eigenvalue weighted by Gasteiger charge is 2.23. The van der Waals surface area contributed by atoms with Crippen LogP contribution in [0.3, 0.4) is 0 Å². The number of rotatable bonds is 6. The van der Waals surface area contributed by atoms with Crippen LogP contribution in [0.2, 0.25) is 0 Å². The minimum atomic E-state index is -1.05. The molecule has 2 aromatic rings. The number of hydrogen-bond acceptors (Lipinski definition) is 5. The Hall–Kier alpha value is -1.76. The van der Waals surface area contributed by atoms with E-state index in [1.807, 2.05) is 13.8 Å². The lowest BCUT2D eigenvalue weighted by atomic mass is 10.2. The van der Waals surface area contributed by atoms with Crippen molar-refractivity contribution in [3.63, 3.8) is 0 Å². The summed E-state index contributed by atoms with van der Waals surface area (Å²) in [5, 5.41) is 18.0. The van der Waals surface area contributed by atoms with E-state index in [0.29, 0.717) is 12.2 Å². The van der Waals surface area contributed by atoms with Gasteiger partial charge in [-0.15, -0.1) is 16.4 Å². The number of hydrogen-bond donors (Lipinski definition) is 1. The second kappa shape index (κ2) is 6.13. The van der Waals surface area contributed by atoms with Crippen molar-refractivity contribution >= 4 is 17.3 Å². The Balaban J connectivity index is 2.44. The van der Waals surface area contributed by atoms with Gasteiger partial charge in [-0.25, -0.2) is 14.5 Å². The van der Waals surface area contributed by atoms with Crippen molar-refractivity contribution in [2.45, 2.75) is 46.6 Å². The van der Waals surface area contributed by atoms with Gasteiger partial charge in [-0.3, -0.25) is 0 Å². The summed E-state index contributed by atoms with van der Waals surface area (Å²) in [4.78, 5) is 16.5. The second-order valence-corrected chi connectivity index (χ2v) is 5.87. The Morgan fingerprint density at radius 1 is 1.35 bits per heavy atom. The molecule has 20 heavy (non-hydrogen) atoms. The van der Waals surface area contributed by atoms with Crippen molar-refractivity contribution in [2.24, 2.45) is 0 Å². The quantitative estimate of drug-likeness (QED) is 0.828. The summed E-state index contributed by atoms with van der Waals surface area (Å²) in [5.74, 6) is -1.05. The highest BCUT2D eigenvalue weighted by molar-refractivity contribution is 7.15. The normalized spacial score (nSPS) is 10.9. The van der Waals surface area contributed by atoms with Crippen LogP contribution < -0.4 is 0 Å². The molecule has 2 rings (SSSR count). The maximum Gasteiger partial charge on any atom is 0.358 e. The highest BCUT2D eigenvalue weighted by Crippen LogP contribution is 2.31. The summed E-state index contributed by atoms with van der Waals surface area (Å²) >= 11 is 1.48. The zero-order valence-electron chi connectivity index (χ0n) is 11.9. The molecule has 0 amide bonds. The van der Waals surface area contributed by atoms with E-state index in [9.17, 15) is 9.90 Å². The second-order valence-electron chi connectivity index (χ2n) is 4.67. The van der Waals surface area contributed by atoms with Gasteiger partial charge < -0.3 is 5.11 Å². The van der Waals surface area contributed by atoms with Gasteiger partial charge >= 0.3 is 5.97 Å². The fourth-order valence-electron chi connectivity index (χ4n) is 2.10. The fourth-order valence-corrected chi connectivity index (χ4v) is 3.07. The number of aromatic carboxylic acids is 1. The van der Waals surface area contributed by atoms with Crippen LogP contribution in [-0.2, 0) is 6.54 Å². The Labute approximate surface area is 121 Å². The van der Waals surface area contributed by atoms with Crippen molar-refractivity contribution in [1.82, 2.24) is 20.0 Å². The third-order valence-electron chi connectivity index (χ3n) is 3.03. The number of carbonyl (C=O) groups is 1. The molecule has 0 atom stereocenters. The molecular weight excluding hydrogens is 276 g/mol. The molecule has 0 spiro atoms. The van der Waals surface area contributed by atoms with Gasteiger partial charge in [0.2, 0.25) is 0 Å². The molecule has 0 aromatic carbocycles. The predicted octanol–water partition coefficient (Wildman–Crippen LogP) is 2.91. The summed E-state index contributed by atoms with van der Waals surface area (Å²) in [7, 11) is 0. The fraction of sp³-hybridized carbons (Fsp3) is 0.538. The van der Waals surface area contributed by atoms with E-state index in [-0.39, 0.29) is 5.69 Å². The topological polar surface area (TPSA) is 80.9 Å². The molecule has 7 heteroatoms. The van der Waals surface area contributed by atoms with Crippen LogP contribution in [0, 0.1) is 13.8 Å². The zero-order valence-corrected chi connectivity index (χ0v) is 12.7. The number of aromatic nitrogens is 4. The zero-order chi connectivity index (χ0) is 14.7. The number of nitrogens with zero attached hydrogens (tertiary/aromatic N) is 4. The summed E-state index contributed by atoms with van der Waals surface area (Å²) in [6.45, 7) is 6.60. The Kier molecular flexibility index (Phi) is 4.49. The summed E-state index contributed by atoms with van der Waals surface area (Å²) in [6.07, 6.45) is 3.15. The van der Waals surface area contributed by atoms with Crippen molar-refractivity contribution in [3.8, 4) is 10.6 Å². The lowest BCUT2D eigenvalue weighted by molar-refractivity contribution is 0.0691. The van der Waals surface area contributed by atoms with Crippen LogP contribution in [-0.4, -0.2) is 31.1 Å². The average Bonchev–Trinajstić information content (AvgIpc) is 2.93. The van der Waals surface area contributed by atoms with Crippen molar-refractivity contribution < 1.29 is 9.90 Å². The van der Waals surface area contributed by atoms with Crippen molar-refractivity contribution in [3.05, 3.63) is 16.4 Å². The lowest BCUT2D eigenvalue weighted by Crippen LogP contribution is -2.05. The Bertz CT molecular complexity index is 618. The third kappa shape index (κ3) is 2.87. The van der Waals surface area contributed by atoms with Crippen LogP contribution in [0.15, 0.2) is 0 Å². The van der Waals surface area contributed by atoms with Crippen LogP contribution in [0.25, 0.3) is 10.6 Å². The minimum absolute atomic E-state index is 0.00764. The van der Waals surface area contributed by atoms with Crippen LogP contribution in [0.1, 0.15) is 47.4 Å². The maximum absolute atomic E-state index is 11.3. The van der Waals surface area contributed by atoms with Gasteiger partial charge in [0.25, 0.3) is 0 Å². The molecule has 2 aromatic heterocycles. The van der Waals surface area contributed by atoms with Gasteiger partial charge in [0.1, 0.15) is 5.69 Å². The van der Waals surface area contributed by atoms with Crippen LogP contribution in [0.4, 0.5) is 0 Å². The molecule has 2 heterocycles. The van der Waals surface area contributed by atoms with Gasteiger partial charge in [-0.2, -0.15) is 0 Å². The molecule has 0 saturated heterocycles. The van der Waals surface area contributed by atoms with Crippen molar-refractivity contribution in [2.75, 3.05) is 0 Å². The van der Waals surface area contributed by atoms with E-state index in [1.54, 1.807) is 4.68 Å². The van der Waals surface area contributed by atoms with E-state index < -0.39 is 5.97 Å². The first-order valence-corrected chi connectivity index (χ1v) is 7.47. The lowest BCUT2D eigenvalue weighted by Gasteiger charge is -2.05. The SMILES string of the molecule is CCCCCn1nnc(C(=O)O)c1-c1sc(C)nc1C. The number of aryl methyl sites for hydroxylation is 3. The smallest absolute Gasteiger partial charge is 0.358 e. The largest absolute Gasteiger partial charge is 0.476 e. The molecule has 0 radical (unpaired) electrons. The number of unbranched alkanes of at least 4 members (excludes halogenated alkanes) is 2. The number of carboxylic acid groups (broad SMARTS) is 1. The molecule has 1 N–H and O–H groups in total. The minimum Gasteiger partial charge on any atom is -0.476 e. The van der Waals surface area contributed by atoms with Crippen molar-refractivity contribution in [1.29, 1.82) is 0 Å². The summed E-state index contributed by atoms with van der Waals surface area (Å²) < 4.78 is 1.69. The van der Waals surface area contributed by atoms with E-state index in [4.69, 9.17) is 0 Å². The molecule has 0 saturated carbocycles. The van der Waals surface area contributed by atoms with Crippen LogP contribution >= 0.6 is 11.3 Å². The highest BCUT2D eigenvalue weighted by atomic mass is 32.1. The first kappa shape index (κ1) is 14.6. The molecule has 0 aliphatic heterocycles. The standard InChI is InChI=1S/C13H18N4O2S/c1-4-5-6-7-17-11(10(13(18)19)15-16-17)12-8(2)14-9(3)20-12/h4-7H2,1-3H3,(H,18,19). The number of carboxylic acids is 1. The van der Waals surface area contributed by atoms with E-state index in [2.05, 4.69) is 22.2 Å². The third-order valence-corrected chi connectivity index (χ3v) is 4.11. The van der Waals surface area contributed by atoms with Gasteiger partial charge in [-0.05, 0) is 20.3 Å². The van der Waals surface area contributed by atoms with E-state index in [0.717, 1.165) is 34.8 Å². The van der Waals surface area contributed by atoms with Gasteiger partial charge in [0.05, 0.1) is 15.6 Å².